The van der Waals surface area contributed by atoms with E-state index in [-0.39, 0.29) is 33.8 Å². The van der Waals surface area contributed by atoms with Gasteiger partial charge in [-0.3, -0.25) is 9.97 Å². The molecular formula is C40H50F8N6O3. The molecule has 0 radical (unpaired) electrons. The number of alkyl halides is 8. The smallest absolute Gasteiger partial charge is 0.316 e. The van der Waals surface area contributed by atoms with E-state index < -0.39 is 46.9 Å². The van der Waals surface area contributed by atoms with Crippen LogP contribution in [0.1, 0.15) is 90.1 Å². The molecule has 0 aliphatic rings. The van der Waals surface area contributed by atoms with Gasteiger partial charge in [0, 0.05) is 83.1 Å². The lowest BCUT2D eigenvalue weighted by molar-refractivity contribution is -0.104. The molecule has 17 heteroatoms. The van der Waals surface area contributed by atoms with Crippen LogP contribution in [0.15, 0.2) is 67.6 Å². The molecule has 9 nitrogen and oxygen atoms in total. The molecular weight excluding hydrogens is 764 g/mol. The summed E-state index contributed by atoms with van der Waals surface area (Å²) >= 11 is 0. The Kier molecular flexibility index (Phi) is 18.3. The minimum Gasteiger partial charge on any atom is -0.495 e. The van der Waals surface area contributed by atoms with Crippen molar-refractivity contribution in [2.45, 2.75) is 86.0 Å². The van der Waals surface area contributed by atoms with E-state index >= 15 is 0 Å². The molecule has 0 aliphatic carbocycles. The predicted octanol–water partition coefficient (Wildman–Crippen LogP) is 11.0. The van der Waals surface area contributed by atoms with Crippen molar-refractivity contribution in [3.05, 3.63) is 95.5 Å². The maximum absolute atomic E-state index is 13.9. The molecule has 0 aromatic carbocycles. The van der Waals surface area contributed by atoms with Gasteiger partial charge >= 0.3 is 6.01 Å². The van der Waals surface area contributed by atoms with Crippen LogP contribution in [-0.4, -0.2) is 46.2 Å². The molecule has 0 fully saturated rings. The second kappa shape index (κ2) is 20.9. The van der Waals surface area contributed by atoms with Crippen LogP contribution in [0.5, 0.6) is 17.6 Å². The topological polar surface area (TPSA) is 116 Å². The Morgan fingerprint density at radius 3 is 1.44 bits per heavy atom. The van der Waals surface area contributed by atoms with Crippen molar-refractivity contribution < 1.29 is 49.3 Å². The number of methoxy groups -OCH3 is 3. The number of nitriles is 1. The van der Waals surface area contributed by atoms with Gasteiger partial charge in [-0.25, -0.2) is 50.1 Å². The Morgan fingerprint density at radius 2 is 1.02 bits per heavy atom. The molecule has 0 saturated heterocycles. The summed E-state index contributed by atoms with van der Waals surface area (Å²) in [7, 11) is 4.26. The first kappa shape index (κ1) is 49.9. The van der Waals surface area contributed by atoms with Gasteiger partial charge in [-0.05, 0) is 18.2 Å². The number of rotatable bonds is 10. The van der Waals surface area contributed by atoms with Crippen molar-refractivity contribution in [1.29, 1.82) is 5.26 Å². The van der Waals surface area contributed by atoms with Crippen LogP contribution in [0.2, 0.25) is 0 Å². The third-order valence-electron chi connectivity index (χ3n) is 8.21. The summed E-state index contributed by atoms with van der Waals surface area (Å²) in [5, 5.41) is 8.53. The second-order valence-corrected chi connectivity index (χ2v) is 14.4. The minimum absolute atomic E-state index is 0.0756. The molecule has 0 spiro atoms. The minimum atomic E-state index is -2.93. The second-order valence-electron chi connectivity index (χ2n) is 14.4. The third-order valence-corrected chi connectivity index (χ3v) is 8.21. The number of pyridine rings is 3. The zero-order valence-electron chi connectivity index (χ0n) is 34.0. The zero-order chi connectivity index (χ0) is 44.0. The molecule has 0 bridgehead atoms. The summed E-state index contributed by atoms with van der Waals surface area (Å²) in [5.41, 5.74) is -1.56. The van der Waals surface area contributed by atoms with Crippen LogP contribution in [0, 0.1) is 34.5 Å². The van der Waals surface area contributed by atoms with Gasteiger partial charge in [0.15, 0.2) is 0 Å². The molecule has 0 N–H and O–H groups in total. The van der Waals surface area contributed by atoms with Crippen molar-refractivity contribution >= 4 is 0 Å². The predicted molar refractivity (Wildman–Crippen MR) is 199 cm³/mol. The molecule has 0 amide bonds. The highest BCUT2D eigenvalue weighted by Gasteiger charge is 2.45. The van der Waals surface area contributed by atoms with E-state index in [2.05, 4.69) is 29.7 Å². The van der Waals surface area contributed by atoms with E-state index in [1.165, 1.54) is 126 Å². The van der Waals surface area contributed by atoms with Gasteiger partial charge in [0.2, 0.25) is 5.88 Å². The highest BCUT2D eigenvalue weighted by molar-refractivity contribution is 5.31. The largest absolute Gasteiger partial charge is 0.495 e. The molecule has 0 unspecified atom stereocenters. The van der Waals surface area contributed by atoms with E-state index in [1.807, 2.05) is 0 Å². The summed E-state index contributed by atoms with van der Waals surface area (Å²) in [4.78, 5) is 18.3. The monoisotopic (exact) mass is 814 g/mol. The summed E-state index contributed by atoms with van der Waals surface area (Å²) < 4.78 is 123. The maximum Gasteiger partial charge on any atom is 0.316 e. The van der Waals surface area contributed by atoms with Crippen LogP contribution in [0.25, 0.3) is 0 Å². The molecule has 57 heavy (non-hydrogen) atoms. The molecule has 4 rings (SSSR count). The molecule has 4 aromatic heterocycles. The summed E-state index contributed by atoms with van der Waals surface area (Å²) in [6.07, 6.45) is 8.27. The van der Waals surface area contributed by atoms with Crippen LogP contribution in [0.3, 0.4) is 0 Å². The quantitative estimate of drug-likeness (QED) is 0.144. The number of hydrogen-bond acceptors (Lipinski definition) is 9. The van der Waals surface area contributed by atoms with Gasteiger partial charge in [-0.2, -0.15) is 5.26 Å². The van der Waals surface area contributed by atoms with Crippen LogP contribution in [0.4, 0.5) is 35.1 Å². The van der Waals surface area contributed by atoms with E-state index in [9.17, 15) is 35.1 Å². The first-order valence-corrected chi connectivity index (χ1v) is 17.5. The SMILES string of the molecule is CC(C)C(F)(F)c1cncc(C#N)c1.COc1ccc(C(F)(F)C(C)C)cn1.COc1cncc(C(F)(F)C(C)(C)C)c1.COc1ncc(C(F)(F)C(C)C)cn1. The summed E-state index contributed by atoms with van der Waals surface area (Å²) in [6.45, 7) is 13.2. The Morgan fingerprint density at radius 1 is 0.544 bits per heavy atom. The van der Waals surface area contributed by atoms with Gasteiger partial charge in [0.05, 0.1) is 38.7 Å². The summed E-state index contributed by atoms with van der Waals surface area (Å²) in [5.74, 6) is -13.2. The van der Waals surface area contributed by atoms with Gasteiger partial charge in [-0.15, -0.1) is 0 Å². The zero-order valence-corrected chi connectivity index (χ0v) is 34.0. The maximum atomic E-state index is 13.9. The fourth-order valence-corrected chi connectivity index (χ4v) is 4.11. The Labute approximate surface area is 328 Å². The van der Waals surface area contributed by atoms with E-state index in [0.29, 0.717) is 11.6 Å². The van der Waals surface area contributed by atoms with Gasteiger partial charge in [0.25, 0.3) is 23.7 Å². The van der Waals surface area contributed by atoms with E-state index in [4.69, 9.17) is 14.7 Å². The van der Waals surface area contributed by atoms with Gasteiger partial charge in [0.1, 0.15) is 11.8 Å². The van der Waals surface area contributed by atoms with Crippen LogP contribution >= 0.6 is 0 Å². The lowest BCUT2D eigenvalue weighted by atomic mass is 9.84. The van der Waals surface area contributed by atoms with Crippen molar-refractivity contribution in [2.24, 2.45) is 23.2 Å². The average Bonchev–Trinajstić information content (AvgIpc) is 3.18. The number of hydrogen-bond donors (Lipinski definition) is 0. The lowest BCUT2D eigenvalue weighted by Crippen LogP contribution is -2.31. The molecule has 314 valence electrons. The third kappa shape index (κ3) is 13.8. The van der Waals surface area contributed by atoms with Crippen molar-refractivity contribution in [3.8, 4) is 23.7 Å². The van der Waals surface area contributed by atoms with Crippen molar-refractivity contribution in [1.82, 2.24) is 24.9 Å². The average molecular weight is 815 g/mol. The first-order chi connectivity index (χ1) is 26.2. The van der Waals surface area contributed by atoms with Crippen molar-refractivity contribution in [3.63, 3.8) is 0 Å². The van der Waals surface area contributed by atoms with Gasteiger partial charge in [-0.1, -0.05) is 62.3 Å². The first-order valence-electron chi connectivity index (χ1n) is 17.5. The molecule has 0 atom stereocenters. The number of halogens is 8. The molecule has 0 aliphatic heterocycles. The van der Waals surface area contributed by atoms with E-state index in [0.717, 1.165) is 24.8 Å². The van der Waals surface area contributed by atoms with Crippen LogP contribution in [-0.2, 0) is 23.7 Å². The summed E-state index contributed by atoms with van der Waals surface area (Å²) in [6, 6.07) is 7.14. The fourth-order valence-electron chi connectivity index (χ4n) is 4.11. The normalized spacial score (nSPS) is 12.0. The lowest BCUT2D eigenvalue weighted by Gasteiger charge is -2.30. The van der Waals surface area contributed by atoms with Crippen LogP contribution < -0.4 is 14.2 Å². The Bertz CT molecular complexity index is 1780. The number of aromatic nitrogens is 5. The molecule has 4 aromatic rings. The highest BCUT2D eigenvalue weighted by atomic mass is 19.3. The molecule has 4 heterocycles. The fraction of sp³-hybridized carbons (Fsp3) is 0.500. The standard InChI is InChI=1S/C11H15F2NO.C10H10F2N2.C10H13F2NO.C9H12F2N2O/c1-10(2,3)11(12,13)8-5-9(15-4)7-14-6-8;1-7(2)10(11,12)9-3-8(4-13)5-14-6-9;1-7(2)10(11,12)8-4-5-9(14-3)13-6-8;1-6(2)9(10,11)7-4-12-8(14-3)13-5-7/h5-7H,1-4H3;3,5-7H,1-2H3;4-7H,1-3H3;4-6H,1-3H3. The Balaban J connectivity index is 0.000000380. The highest BCUT2D eigenvalue weighted by Crippen LogP contribution is 2.44. The van der Waals surface area contributed by atoms with E-state index in [1.54, 1.807) is 6.07 Å². The van der Waals surface area contributed by atoms with Crippen molar-refractivity contribution in [2.75, 3.05) is 21.3 Å². The number of nitrogens with zero attached hydrogens (tertiary/aromatic N) is 6. The number of ether oxygens (including phenoxy) is 3. The Hall–Kier alpha value is -5.14. The van der Waals surface area contributed by atoms with Gasteiger partial charge < -0.3 is 14.2 Å². The molecule has 0 saturated carbocycles.